The van der Waals surface area contributed by atoms with Crippen LogP contribution in [-0.2, 0) is 0 Å². The molecule has 94 valence electrons. The van der Waals surface area contributed by atoms with E-state index in [2.05, 4.69) is 35.1 Å². The Balaban J connectivity index is 1.97. The van der Waals surface area contributed by atoms with E-state index in [9.17, 15) is 0 Å². The third kappa shape index (κ3) is 2.95. The van der Waals surface area contributed by atoms with Crippen molar-refractivity contribution < 1.29 is 0 Å². The van der Waals surface area contributed by atoms with Crippen LogP contribution in [0.25, 0.3) is 0 Å². The molecule has 0 radical (unpaired) electrons. The number of rotatable bonds is 4. The quantitative estimate of drug-likeness (QED) is 0.814. The first kappa shape index (κ1) is 12.7. The number of hydrogen-bond acceptors (Lipinski definition) is 2. The molecule has 1 aliphatic carbocycles. The first-order chi connectivity index (χ1) is 7.99. The molecule has 0 aliphatic heterocycles. The van der Waals surface area contributed by atoms with Gasteiger partial charge in [-0.2, -0.15) is 0 Å². The predicted octanol–water partition coefficient (Wildman–Crippen LogP) is 4.27. The molecule has 3 heteroatoms. The first-order valence-electron chi connectivity index (χ1n) is 6.28. The highest BCUT2D eigenvalue weighted by molar-refractivity contribution is 9.10. The van der Waals surface area contributed by atoms with E-state index in [1.54, 1.807) is 0 Å². The normalized spacial score (nSPS) is 16.6. The summed E-state index contributed by atoms with van der Waals surface area (Å²) in [4.78, 5) is 0. The molecule has 0 aromatic heterocycles. The van der Waals surface area contributed by atoms with Crippen LogP contribution in [-0.4, -0.2) is 6.54 Å². The van der Waals surface area contributed by atoms with E-state index in [4.69, 9.17) is 5.73 Å². The number of nitrogens with one attached hydrogen (secondary N) is 1. The van der Waals surface area contributed by atoms with Crippen molar-refractivity contribution in [1.29, 1.82) is 0 Å². The van der Waals surface area contributed by atoms with E-state index < -0.39 is 0 Å². The van der Waals surface area contributed by atoms with Gasteiger partial charge in [0.05, 0.1) is 11.4 Å². The molecule has 0 saturated heterocycles. The second kappa shape index (κ2) is 4.89. The van der Waals surface area contributed by atoms with Crippen molar-refractivity contribution in [2.75, 3.05) is 17.6 Å². The van der Waals surface area contributed by atoms with Gasteiger partial charge in [0.15, 0.2) is 0 Å². The van der Waals surface area contributed by atoms with Crippen LogP contribution >= 0.6 is 15.9 Å². The van der Waals surface area contributed by atoms with Gasteiger partial charge in [-0.05, 0) is 42.4 Å². The second-order valence-corrected chi connectivity index (χ2v) is 6.62. The van der Waals surface area contributed by atoms with Crippen molar-refractivity contribution in [3.05, 3.63) is 22.7 Å². The van der Waals surface area contributed by atoms with Gasteiger partial charge < -0.3 is 11.1 Å². The smallest absolute Gasteiger partial charge is 0.0574 e. The number of nitrogen functional groups attached to an aromatic ring is 1. The summed E-state index contributed by atoms with van der Waals surface area (Å²) in [6.07, 6.45) is 4.16. The second-order valence-electron chi connectivity index (χ2n) is 5.70. The number of benzene rings is 1. The Kier molecular flexibility index (Phi) is 3.67. The number of hydrogen-bond donors (Lipinski definition) is 2. The molecule has 0 spiro atoms. The maximum Gasteiger partial charge on any atom is 0.0574 e. The minimum atomic E-state index is 0.359. The van der Waals surface area contributed by atoms with Crippen LogP contribution in [0.3, 0.4) is 0 Å². The number of nitrogens with two attached hydrogens (primary N) is 1. The standard InChI is InChI=1S/C14H21BrN2/c1-14(2,10-4-3-5-10)9-17-13-7-6-11(15)8-12(13)16/h6-8,10,17H,3-5,9,16H2,1-2H3. The summed E-state index contributed by atoms with van der Waals surface area (Å²) in [6.45, 7) is 5.68. The predicted molar refractivity (Wildman–Crippen MR) is 78.2 cm³/mol. The minimum absolute atomic E-state index is 0.359. The topological polar surface area (TPSA) is 38.0 Å². The Morgan fingerprint density at radius 3 is 2.65 bits per heavy atom. The van der Waals surface area contributed by atoms with Crippen LogP contribution in [0.4, 0.5) is 11.4 Å². The lowest BCUT2D eigenvalue weighted by Crippen LogP contribution is -2.35. The molecule has 1 aromatic carbocycles. The third-order valence-corrected chi connectivity index (χ3v) is 4.45. The van der Waals surface area contributed by atoms with Gasteiger partial charge in [0, 0.05) is 11.0 Å². The Morgan fingerprint density at radius 2 is 2.12 bits per heavy atom. The average Bonchev–Trinajstić information content (AvgIpc) is 2.12. The Bertz CT molecular complexity index is 397. The Morgan fingerprint density at radius 1 is 1.41 bits per heavy atom. The fourth-order valence-corrected chi connectivity index (χ4v) is 2.73. The highest BCUT2D eigenvalue weighted by Crippen LogP contribution is 2.41. The molecule has 2 nitrogen and oxygen atoms in total. The van der Waals surface area contributed by atoms with Crippen LogP contribution in [0.5, 0.6) is 0 Å². The van der Waals surface area contributed by atoms with Crippen molar-refractivity contribution in [3.8, 4) is 0 Å². The van der Waals surface area contributed by atoms with Crippen LogP contribution < -0.4 is 11.1 Å². The molecule has 3 N–H and O–H groups in total. The van der Waals surface area contributed by atoms with Gasteiger partial charge in [0.1, 0.15) is 0 Å². The molecule has 0 bridgehead atoms. The monoisotopic (exact) mass is 296 g/mol. The molecular formula is C14H21BrN2. The van der Waals surface area contributed by atoms with Gasteiger partial charge in [0.25, 0.3) is 0 Å². The molecular weight excluding hydrogens is 276 g/mol. The van der Waals surface area contributed by atoms with Crippen LogP contribution in [0.15, 0.2) is 22.7 Å². The van der Waals surface area contributed by atoms with Gasteiger partial charge in [-0.3, -0.25) is 0 Å². The molecule has 1 saturated carbocycles. The molecule has 2 rings (SSSR count). The van der Waals surface area contributed by atoms with Crippen molar-refractivity contribution in [2.24, 2.45) is 11.3 Å². The zero-order chi connectivity index (χ0) is 12.5. The molecule has 1 aromatic rings. The van der Waals surface area contributed by atoms with Crippen molar-refractivity contribution >= 4 is 27.3 Å². The molecule has 1 aliphatic rings. The lowest BCUT2D eigenvalue weighted by atomic mass is 9.67. The van der Waals surface area contributed by atoms with Crippen molar-refractivity contribution in [1.82, 2.24) is 0 Å². The Labute approximate surface area is 112 Å². The van der Waals surface area contributed by atoms with Gasteiger partial charge in [0.2, 0.25) is 0 Å². The van der Waals surface area contributed by atoms with Gasteiger partial charge >= 0.3 is 0 Å². The lowest BCUT2D eigenvalue weighted by molar-refractivity contribution is 0.134. The zero-order valence-corrected chi connectivity index (χ0v) is 12.2. The lowest BCUT2D eigenvalue weighted by Gasteiger charge is -2.40. The largest absolute Gasteiger partial charge is 0.397 e. The van der Waals surface area contributed by atoms with Gasteiger partial charge in [-0.15, -0.1) is 0 Å². The van der Waals surface area contributed by atoms with E-state index in [1.807, 2.05) is 18.2 Å². The molecule has 1 fully saturated rings. The summed E-state index contributed by atoms with van der Waals surface area (Å²) in [5, 5.41) is 3.48. The minimum Gasteiger partial charge on any atom is -0.397 e. The van der Waals surface area contributed by atoms with Gasteiger partial charge in [-0.1, -0.05) is 36.2 Å². The zero-order valence-electron chi connectivity index (χ0n) is 10.6. The fraction of sp³-hybridized carbons (Fsp3) is 0.571. The summed E-state index contributed by atoms with van der Waals surface area (Å²) in [5.74, 6) is 0.867. The highest BCUT2D eigenvalue weighted by atomic mass is 79.9. The van der Waals surface area contributed by atoms with E-state index in [0.717, 1.165) is 28.3 Å². The van der Waals surface area contributed by atoms with E-state index in [0.29, 0.717) is 5.41 Å². The summed E-state index contributed by atoms with van der Waals surface area (Å²) in [5.41, 5.74) is 8.19. The average molecular weight is 297 g/mol. The van der Waals surface area contributed by atoms with Crippen LogP contribution in [0.2, 0.25) is 0 Å². The fourth-order valence-electron chi connectivity index (χ4n) is 2.35. The number of anilines is 2. The molecule has 0 heterocycles. The molecule has 0 unspecified atom stereocenters. The molecule has 0 atom stereocenters. The van der Waals surface area contributed by atoms with E-state index >= 15 is 0 Å². The first-order valence-corrected chi connectivity index (χ1v) is 7.07. The van der Waals surface area contributed by atoms with E-state index in [1.165, 1.54) is 19.3 Å². The SMILES string of the molecule is CC(C)(CNc1ccc(Br)cc1N)C1CCC1. The van der Waals surface area contributed by atoms with Gasteiger partial charge in [-0.25, -0.2) is 0 Å². The van der Waals surface area contributed by atoms with Crippen LogP contribution in [0.1, 0.15) is 33.1 Å². The highest BCUT2D eigenvalue weighted by Gasteiger charge is 2.33. The summed E-state index contributed by atoms with van der Waals surface area (Å²) >= 11 is 3.42. The summed E-state index contributed by atoms with van der Waals surface area (Å²) < 4.78 is 1.03. The van der Waals surface area contributed by atoms with E-state index in [-0.39, 0.29) is 0 Å². The van der Waals surface area contributed by atoms with Crippen LogP contribution in [0, 0.1) is 11.3 Å². The summed E-state index contributed by atoms with van der Waals surface area (Å²) in [7, 11) is 0. The van der Waals surface area contributed by atoms with Crippen molar-refractivity contribution in [2.45, 2.75) is 33.1 Å². The maximum atomic E-state index is 5.98. The molecule has 0 amide bonds. The summed E-state index contributed by atoms with van der Waals surface area (Å²) in [6, 6.07) is 6.00. The van der Waals surface area contributed by atoms with Crippen molar-refractivity contribution in [3.63, 3.8) is 0 Å². The maximum absolute atomic E-state index is 5.98. The third-order valence-electron chi connectivity index (χ3n) is 3.96. The number of halogens is 1. The Hall–Kier alpha value is -0.700. The molecule has 17 heavy (non-hydrogen) atoms.